The number of carbonyl (C=O) groups is 2. The molecule has 0 saturated heterocycles. The van der Waals surface area contributed by atoms with Crippen molar-refractivity contribution in [2.75, 3.05) is 5.73 Å². The molecule has 168 valence electrons. The highest BCUT2D eigenvalue weighted by Crippen LogP contribution is 2.39. The molecule has 1 aromatic carbocycles. The van der Waals surface area contributed by atoms with Gasteiger partial charge in [0.15, 0.2) is 11.4 Å². The van der Waals surface area contributed by atoms with Crippen molar-refractivity contribution >= 4 is 34.1 Å². The molecule has 1 aliphatic rings. The molecule has 0 atom stereocenters. The molecular weight excluding hydrogens is 425 g/mol. The number of carbonyl (C=O) groups excluding carboxylic acids is 1. The van der Waals surface area contributed by atoms with E-state index < -0.39 is 5.97 Å². The van der Waals surface area contributed by atoms with Crippen LogP contribution in [-0.2, 0) is 4.79 Å². The first kappa shape index (κ1) is 21.0. The van der Waals surface area contributed by atoms with Gasteiger partial charge in [0.25, 0.3) is 0 Å². The lowest BCUT2D eigenvalue weighted by atomic mass is 9.79. The van der Waals surface area contributed by atoms with Gasteiger partial charge < -0.3 is 10.8 Å². The molecule has 1 saturated carbocycles. The molecule has 0 unspecified atom stereocenters. The zero-order valence-electron chi connectivity index (χ0n) is 18.0. The predicted octanol–water partition coefficient (Wildman–Crippen LogP) is 4.23. The van der Waals surface area contributed by atoms with E-state index in [9.17, 15) is 19.1 Å². The van der Waals surface area contributed by atoms with E-state index in [1.54, 1.807) is 18.5 Å². The Morgan fingerprint density at radius 1 is 1.15 bits per heavy atom. The van der Waals surface area contributed by atoms with Crippen molar-refractivity contribution in [1.29, 1.82) is 0 Å². The van der Waals surface area contributed by atoms with Gasteiger partial charge in [-0.1, -0.05) is 0 Å². The van der Waals surface area contributed by atoms with Crippen LogP contribution in [-0.4, -0.2) is 36.4 Å². The standard InChI is InChI=1S/C24H22FN5O3/c1-12(31)20-21(13-2-4-14(5-3-13)24(32)33)29-23-18(11-28-30(23)22(20)26)16-8-15-9-17(25)6-7-19(15)27-10-16/h6-11,13-14H,2-5,26H2,1H3,(H,32,33). The summed E-state index contributed by atoms with van der Waals surface area (Å²) in [6.07, 6.45) is 5.55. The summed E-state index contributed by atoms with van der Waals surface area (Å²) in [6.45, 7) is 1.44. The van der Waals surface area contributed by atoms with E-state index in [-0.39, 0.29) is 29.3 Å². The van der Waals surface area contributed by atoms with Gasteiger partial charge in [0.2, 0.25) is 0 Å². The number of benzene rings is 1. The van der Waals surface area contributed by atoms with Crippen LogP contribution >= 0.6 is 0 Å². The molecule has 8 nitrogen and oxygen atoms in total. The van der Waals surface area contributed by atoms with Gasteiger partial charge in [-0.15, -0.1) is 0 Å². The number of nitrogens with two attached hydrogens (primary N) is 1. The lowest BCUT2D eigenvalue weighted by Gasteiger charge is -2.27. The number of anilines is 1. The van der Waals surface area contributed by atoms with Crippen LogP contribution in [0.3, 0.4) is 0 Å². The summed E-state index contributed by atoms with van der Waals surface area (Å²) >= 11 is 0. The smallest absolute Gasteiger partial charge is 0.306 e. The Morgan fingerprint density at radius 3 is 2.61 bits per heavy atom. The zero-order chi connectivity index (χ0) is 23.3. The largest absolute Gasteiger partial charge is 0.481 e. The number of hydrogen-bond donors (Lipinski definition) is 2. The Bertz CT molecular complexity index is 1420. The van der Waals surface area contributed by atoms with Crippen LogP contribution in [0.15, 0.2) is 36.7 Å². The molecule has 3 aromatic heterocycles. The first-order valence-electron chi connectivity index (χ1n) is 10.8. The minimum Gasteiger partial charge on any atom is -0.481 e. The van der Waals surface area contributed by atoms with Crippen molar-refractivity contribution in [3.8, 4) is 11.1 Å². The number of hydrogen-bond acceptors (Lipinski definition) is 6. The second kappa shape index (κ2) is 7.91. The van der Waals surface area contributed by atoms with Gasteiger partial charge in [0, 0.05) is 28.6 Å². The highest BCUT2D eigenvalue weighted by atomic mass is 19.1. The van der Waals surface area contributed by atoms with E-state index in [0.29, 0.717) is 64.6 Å². The number of fused-ring (bicyclic) bond motifs is 2. The first-order valence-corrected chi connectivity index (χ1v) is 10.8. The molecule has 4 aromatic rings. The first-order chi connectivity index (χ1) is 15.8. The number of ketones is 1. The van der Waals surface area contributed by atoms with Crippen molar-refractivity contribution in [1.82, 2.24) is 19.6 Å². The molecule has 9 heteroatoms. The Labute approximate surface area is 188 Å². The molecule has 0 aliphatic heterocycles. The van der Waals surface area contributed by atoms with Gasteiger partial charge in [0.05, 0.1) is 28.9 Å². The summed E-state index contributed by atoms with van der Waals surface area (Å²) in [6, 6.07) is 6.21. The average Bonchev–Trinajstić information content (AvgIpc) is 3.22. The van der Waals surface area contributed by atoms with Gasteiger partial charge in [-0.3, -0.25) is 14.6 Å². The van der Waals surface area contributed by atoms with E-state index in [0.717, 1.165) is 0 Å². The van der Waals surface area contributed by atoms with Crippen LogP contribution in [0.25, 0.3) is 27.7 Å². The number of nitrogens with zero attached hydrogens (tertiary/aromatic N) is 4. The van der Waals surface area contributed by atoms with Gasteiger partial charge in [0.1, 0.15) is 11.6 Å². The molecule has 3 N–H and O–H groups in total. The average molecular weight is 447 g/mol. The minimum atomic E-state index is -0.790. The Morgan fingerprint density at radius 2 is 1.91 bits per heavy atom. The summed E-state index contributed by atoms with van der Waals surface area (Å²) in [4.78, 5) is 33.1. The quantitative estimate of drug-likeness (QED) is 0.449. The Hall–Kier alpha value is -3.88. The van der Waals surface area contributed by atoms with Crippen LogP contribution in [0.1, 0.15) is 54.6 Å². The van der Waals surface area contributed by atoms with Gasteiger partial charge in [-0.05, 0) is 56.9 Å². The summed E-state index contributed by atoms with van der Waals surface area (Å²) in [5, 5.41) is 14.3. The second-order valence-electron chi connectivity index (χ2n) is 8.55. The highest BCUT2D eigenvalue weighted by Gasteiger charge is 2.31. The third-order valence-corrected chi connectivity index (χ3v) is 6.48. The predicted molar refractivity (Wildman–Crippen MR) is 120 cm³/mol. The summed E-state index contributed by atoms with van der Waals surface area (Å²) < 4.78 is 15.2. The minimum absolute atomic E-state index is 0.0709. The van der Waals surface area contributed by atoms with Crippen molar-refractivity contribution < 1.29 is 19.1 Å². The fourth-order valence-corrected chi connectivity index (χ4v) is 4.76. The van der Waals surface area contributed by atoms with Gasteiger partial charge >= 0.3 is 5.97 Å². The second-order valence-corrected chi connectivity index (χ2v) is 8.55. The summed E-state index contributed by atoms with van der Waals surface area (Å²) in [5.41, 5.74) is 9.80. The van der Waals surface area contributed by atoms with E-state index in [1.807, 2.05) is 6.07 Å². The SMILES string of the molecule is CC(=O)c1c(C2CCC(C(=O)O)CC2)nc2c(-c3cnc4ccc(F)cc4c3)cnn2c1N. The van der Waals surface area contributed by atoms with Crippen molar-refractivity contribution in [3.63, 3.8) is 0 Å². The number of rotatable bonds is 4. The summed E-state index contributed by atoms with van der Waals surface area (Å²) in [7, 11) is 0. The molecular formula is C24H22FN5O3. The molecule has 0 radical (unpaired) electrons. The van der Waals surface area contributed by atoms with E-state index in [4.69, 9.17) is 10.7 Å². The van der Waals surface area contributed by atoms with Crippen LogP contribution in [0.4, 0.5) is 10.2 Å². The molecule has 0 spiro atoms. The number of nitrogen functional groups attached to an aromatic ring is 1. The molecule has 1 aliphatic carbocycles. The van der Waals surface area contributed by atoms with Crippen LogP contribution in [0, 0.1) is 11.7 Å². The van der Waals surface area contributed by atoms with E-state index >= 15 is 0 Å². The number of Topliss-reactive ketones (excluding diaryl/α,β-unsaturated/α-hetero) is 1. The van der Waals surface area contributed by atoms with Crippen molar-refractivity contribution in [2.45, 2.75) is 38.5 Å². The zero-order valence-corrected chi connectivity index (χ0v) is 18.0. The molecule has 5 rings (SSSR count). The molecule has 33 heavy (non-hydrogen) atoms. The summed E-state index contributed by atoms with van der Waals surface area (Å²) in [5.74, 6) is -1.60. The number of aromatic nitrogens is 4. The van der Waals surface area contributed by atoms with Crippen LogP contribution < -0.4 is 5.73 Å². The Kier molecular flexibility index (Phi) is 5.03. The number of halogens is 1. The van der Waals surface area contributed by atoms with Gasteiger partial charge in [-0.25, -0.2) is 9.37 Å². The number of carboxylic acids is 1. The molecule has 0 bridgehead atoms. The number of aliphatic carboxylic acids is 1. The van der Waals surface area contributed by atoms with Crippen LogP contribution in [0.2, 0.25) is 0 Å². The number of pyridine rings is 1. The lowest BCUT2D eigenvalue weighted by molar-refractivity contribution is -0.142. The Balaban J connectivity index is 1.64. The van der Waals surface area contributed by atoms with Crippen molar-refractivity contribution in [3.05, 3.63) is 53.7 Å². The van der Waals surface area contributed by atoms with Gasteiger partial charge in [-0.2, -0.15) is 9.61 Å². The lowest BCUT2D eigenvalue weighted by Crippen LogP contribution is -2.23. The fourth-order valence-electron chi connectivity index (χ4n) is 4.76. The van der Waals surface area contributed by atoms with Crippen LogP contribution in [0.5, 0.6) is 0 Å². The third-order valence-electron chi connectivity index (χ3n) is 6.48. The van der Waals surface area contributed by atoms with E-state index in [2.05, 4.69) is 10.1 Å². The number of carboxylic acid groups (broad SMARTS) is 1. The normalized spacial score (nSPS) is 18.6. The maximum absolute atomic E-state index is 13.7. The maximum Gasteiger partial charge on any atom is 0.306 e. The molecule has 1 fully saturated rings. The third kappa shape index (κ3) is 3.59. The highest BCUT2D eigenvalue weighted by molar-refractivity contribution is 6.00. The van der Waals surface area contributed by atoms with Crippen molar-refractivity contribution in [2.24, 2.45) is 5.92 Å². The fraction of sp³-hybridized carbons (Fsp3) is 0.292. The molecule has 3 heterocycles. The topological polar surface area (TPSA) is 123 Å². The molecule has 0 amide bonds. The maximum atomic E-state index is 13.7. The van der Waals surface area contributed by atoms with E-state index in [1.165, 1.54) is 23.6 Å². The monoisotopic (exact) mass is 447 g/mol.